The molecule has 0 amide bonds. The molecule has 0 aliphatic carbocycles. The van der Waals surface area contributed by atoms with Crippen LogP contribution in [0.2, 0.25) is 0 Å². The summed E-state index contributed by atoms with van der Waals surface area (Å²) >= 11 is 0. The molecule has 0 radical (unpaired) electrons. The van der Waals surface area contributed by atoms with E-state index in [0.29, 0.717) is 0 Å². The number of nitrogens with zero attached hydrogens (tertiary/aromatic N) is 1. The standard InChI is InChI=1S/C11H25NO/c1-7-10(13)9(3)12(6)11(4,5)8-2/h9-10,13H,7-8H2,1-6H3. The second-order valence-electron chi connectivity index (χ2n) is 4.49. The minimum atomic E-state index is -0.212. The minimum absolute atomic E-state index is 0.176. The van der Waals surface area contributed by atoms with E-state index in [-0.39, 0.29) is 17.7 Å². The van der Waals surface area contributed by atoms with Gasteiger partial charge in [0.15, 0.2) is 0 Å². The third-order valence-corrected chi connectivity index (χ3v) is 3.41. The van der Waals surface area contributed by atoms with E-state index in [1.807, 2.05) is 6.92 Å². The number of aliphatic hydroxyl groups is 1. The van der Waals surface area contributed by atoms with Gasteiger partial charge in [-0.25, -0.2) is 0 Å². The second kappa shape index (κ2) is 4.97. The van der Waals surface area contributed by atoms with Crippen LogP contribution in [0.3, 0.4) is 0 Å². The molecule has 0 rings (SSSR count). The molecular weight excluding hydrogens is 162 g/mol. The predicted octanol–water partition coefficient (Wildman–Crippen LogP) is 2.27. The van der Waals surface area contributed by atoms with E-state index in [9.17, 15) is 5.11 Å². The highest BCUT2D eigenvalue weighted by molar-refractivity contribution is 4.84. The SMILES string of the molecule is CCC(O)C(C)N(C)C(C)(C)CC. The first-order chi connectivity index (χ1) is 5.86. The van der Waals surface area contributed by atoms with Gasteiger partial charge in [0.2, 0.25) is 0 Å². The number of aliphatic hydroxyl groups excluding tert-OH is 1. The Hall–Kier alpha value is -0.0800. The Morgan fingerprint density at radius 1 is 1.31 bits per heavy atom. The van der Waals surface area contributed by atoms with Crippen LogP contribution in [0.1, 0.15) is 47.5 Å². The summed E-state index contributed by atoms with van der Waals surface area (Å²) in [5.74, 6) is 0. The predicted molar refractivity (Wildman–Crippen MR) is 57.9 cm³/mol. The van der Waals surface area contributed by atoms with Crippen LogP contribution in [-0.2, 0) is 0 Å². The van der Waals surface area contributed by atoms with Gasteiger partial charge in [0.05, 0.1) is 6.10 Å². The van der Waals surface area contributed by atoms with Crippen molar-refractivity contribution in [2.24, 2.45) is 0 Å². The summed E-state index contributed by atoms with van der Waals surface area (Å²) < 4.78 is 0. The smallest absolute Gasteiger partial charge is 0.0690 e. The molecule has 13 heavy (non-hydrogen) atoms. The van der Waals surface area contributed by atoms with Crippen LogP contribution in [0.4, 0.5) is 0 Å². The van der Waals surface area contributed by atoms with Crippen molar-refractivity contribution in [1.82, 2.24) is 4.90 Å². The molecule has 0 heterocycles. The number of hydrogen-bond donors (Lipinski definition) is 1. The summed E-state index contributed by atoms with van der Waals surface area (Å²) in [4.78, 5) is 2.27. The first kappa shape index (κ1) is 12.9. The maximum Gasteiger partial charge on any atom is 0.0690 e. The maximum atomic E-state index is 9.71. The summed E-state index contributed by atoms with van der Waals surface area (Å²) in [6.07, 6.45) is 1.71. The molecule has 0 aromatic heterocycles. The molecule has 2 heteroatoms. The van der Waals surface area contributed by atoms with Gasteiger partial charge in [-0.2, -0.15) is 0 Å². The van der Waals surface area contributed by atoms with Crippen molar-refractivity contribution in [3.05, 3.63) is 0 Å². The van der Waals surface area contributed by atoms with Crippen molar-refractivity contribution in [3.8, 4) is 0 Å². The van der Waals surface area contributed by atoms with Crippen molar-refractivity contribution in [3.63, 3.8) is 0 Å². The van der Waals surface area contributed by atoms with Gasteiger partial charge in [-0.1, -0.05) is 13.8 Å². The van der Waals surface area contributed by atoms with E-state index >= 15 is 0 Å². The second-order valence-corrected chi connectivity index (χ2v) is 4.49. The van der Waals surface area contributed by atoms with E-state index in [1.165, 1.54) is 0 Å². The average molecular weight is 187 g/mol. The lowest BCUT2D eigenvalue weighted by atomic mass is 9.96. The van der Waals surface area contributed by atoms with Crippen LogP contribution in [0.5, 0.6) is 0 Å². The molecular formula is C11H25NO. The topological polar surface area (TPSA) is 23.5 Å². The summed E-state index contributed by atoms with van der Waals surface area (Å²) in [5.41, 5.74) is 0.176. The van der Waals surface area contributed by atoms with Crippen molar-refractivity contribution in [2.45, 2.75) is 65.1 Å². The van der Waals surface area contributed by atoms with Gasteiger partial charge in [-0.15, -0.1) is 0 Å². The Bertz CT molecular complexity index is 145. The van der Waals surface area contributed by atoms with Gasteiger partial charge in [0, 0.05) is 11.6 Å². The van der Waals surface area contributed by atoms with Gasteiger partial charge in [-0.3, -0.25) is 4.90 Å². The molecule has 2 nitrogen and oxygen atoms in total. The zero-order chi connectivity index (χ0) is 10.6. The third kappa shape index (κ3) is 3.28. The van der Waals surface area contributed by atoms with Crippen LogP contribution >= 0.6 is 0 Å². The largest absolute Gasteiger partial charge is 0.392 e. The van der Waals surface area contributed by atoms with Gasteiger partial charge < -0.3 is 5.11 Å². The fourth-order valence-corrected chi connectivity index (χ4v) is 1.40. The molecule has 0 saturated heterocycles. The first-order valence-electron chi connectivity index (χ1n) is 5.27. The van der Waals surface area contributed by atoms with Gasteiger partial charge in [-0.05, 0) is 40.7 Å². The molecule has 80 valence electrons. The number of likely N-dealkylation sites (N-methyl/N-ethyl adjacent to an activating group) is 1. The van der Waals surface area contributed by atoms with Crippen molar-refractivity contribution < 1.29 is 5.11 Å². The lowest BCUT2D eigenvalue weighted by Crippen LogP contribution is -2.50. The Kier molecular flexibility index (Phi) is 4.93. The highest BCUT2D eigenvalue weighted by Crippen LogP contribution is 2.21. The molecule has 0 spiro atoms. The molecule has 2 atom stereocenters. The van der Waals surface area contributed by atoms with E-state index in [2.05, 4.69) is 39.6 Å². The lowest BCUT2D eigenvalue weighted by Gasteiger charge is -2.41. The van der Waals surface area contributed by atoms with Gasteiger partial charge in [0.25, 0.3) is 0 Å². The molecule has 0 fully saturated rings. The fourth-order valence-electron chi connectivity index (χ4n) is 1.40. The lowest BCUT2D eigenvalue weighted by molar-refractivity contribution is 0.0161. The fraction of sp³-hybridized carbons (Fsp3) is 1.00. The van der Waals surface area contributed by atoms with Gasteiger partial charge >= 0.3 is 0 Å². The maximum absolute atomic E-state index is 9.71. The first-order valence-corrected chi connectivity index (χ1v) is 5.27. The zero-order valence-corrected chi connectivity index (χ0v) is 9.96. The minimum Gasteiger partial charge on any atom is -0.392 e. The van der Waals surface area contributed by atoms with E-state index in [1.54, 1.807) is 0 Å². The molecule has 0 aliphatic rings. The number of rotatable bonds is 5. The quantitative estimate of drug-likeness (QED) is 0.713. The highest BCUT2D eigenvalue weighted by Gasteiger charge is 2.28. The molecule has 0 aromatic carbocycles. The van der Waals surface area contributed by atoms with E-state index in [4.69, 9.17) is 0 Å². The van der Waals surface area contributed by atoms with Gasteiger partial charge in [0.1, 0.15) is 0 Å². The Labute approximate surface area is 82.9 Å². The highest BCUT2D eigenvalue weighted by atomic mass is 16.3. The van der Waals surface area contributed by atoms with Crippen LogP contribution in [0, 0.1) is 0 Å². The zero-order valence-electron chi connectivity index (χ0n) is 9.96. The Balaban J connectivity index is 4.32. The molecule has 0 bridgehead atoms. The summed E-state index contributed by atoms with van der Waals surface area (Å²) in [6.45, 7) is 10.7. The average Bonchev–Trinajstić information content (AvgIpc) is 2.14. The molecule has 0 saturated carbocycles. The van der Waals surface area contributed by atoms with Crippen LogP contribution < -0.4 is 0 Å². The molecule has 1 N–H and O–H groups in total. The monoisotopic (exact) mass is 187 g/mol. The van der Waals surface area contributed by atoms with Crippen LogP contribution in [0.15, 0.2) is 0 Å². The van der Waals surface area contributed by atoms with Crippen LogP contribution in [-0.4, -0.2) is 34.7 Å². The summed E-state index contributed by atoms with van der Waals surface area (Å²) in [7, 11) is 2.09. The normalized spacial score (nSPS) is 17.5. The van der Waals surface area contributed by atoms with E-state index < -0.39 is 0 Å². The van der Waals surface area contributed by atoms with Crippen molar-refractivity contribution >= 4 is 0 Å². The summed E-state index contributed by atoms with van der Waals surface area (Å²) in [5, 5.41) is 9.71. The summed E-state index contributed by atoms with van der Waals surface area (Å²) in [6, 6.07) is 0.236. The molecule has 0 aromatic rings. The van der Waals surface area contributed by atoms with Crippen molar-refractivity contribution in [2.75, 3.05) is 7.05 Å². The Morgan fingerprint density at radius 3 is 2.08 bits per heavy atom. The molecule has 2 unspecified atom stereocenters. The Morgan fingerprint density at radius 2 is 1.77 bits per heavy atom. The number of hydrogen-bond acceptors (Lipinski definition) is 2. The van der Waals surface area contributed by atoms with Crippen LogP contribution in [0.25, 0.3) is 0 Å². The third-order valence-electron chi connectivity index (χ3n) is 3.41. The molecule has 0 aliphatic heterocycles. The van der Waals surface area contributed by atoms with E-state index in [0.717, 1.165) is 12.8 Å². The van der Waals surface area contributed by atoms with Crippen molar-refractivity contribution in [1.29, 1.82) is 0 Å².